The Bertz CT molecular complexity index is 829. The summed E-state index contributed by atoms with van der Waals surface area (Å²) in [4.78, 5) is 25.8. The lowest BCUT2D eigenvalue weighted by molar-refractivity contribution is -0.138. The van der Waals surface area contributed by atoms with E-state index in [0.717, 1.165) is 22.6 Å². The molecule has 0 saturated heterocycles. The molecule has 0 aliphatic carbocycles. The number of amides is 2. The minimum Gasteiger partial charge on any atom is -0.356 e. The van der Waals surface area contributed by atoms with Crippen LogP contribution in [0.5, 0.6) is 0 Å². The lowest BCUT2D eigenvalue weighted by Crippen LogP contribution is -2.53. The predicted molar refractivity (Wildman–Crippen MR) is 156 cm³/mol. The minimum atomic E-state index is -0.540. The molecule has 1 aromatic carbocycles. The molecule has 0 bridgehead atoms. The van der Waals surface area contributed by atoms with Gasteiger partial charge in [0.25, 0.3) is 0 Å². The Morgan fingerprint density at radius 2 is 1.49 bits per heavy atom. The molecule has 0 saturated carbocycles. The number of hydrogen-bond acceptors (Lipinski definition) is 4. The van der Waals surface area contributed by atoms with Crippen molar-refractivity contribution in [3.8, 4) is 0 Å². The zero-order valence-electron chi connectivity index (χ0n) is 23.4. The number of benzene rings is 1. The van der Waals surface area contributed by atoms with E-state index in [-0.39, 0.29) is 33.8 Å². The molecule has 2 atom stereocenters. The molecule has 2 unspecified atom stereocenters. The largest absolute Gasteiger partial charge is 0.356 e. The van der Waals surface area contributed by atoms with Gasteiger partial charge in [-0.25, -0.2) is 0 Å². The van der Waals surface area contributed by atoms with E-state index in [1.807, 2.05) is 30.3 Å². The zero-order valence-corrected chi connectivity index (χ0v) is 25.1. The molecule has 6 heteroatoms. The van der Waals surface area contributed by atoms with E-state index in [9.17, 15) is 9.59 Å². The van der Waals surface area contributed by atoms with Gasteiger partial charge < -0.3 is 10.6 Å². The number of rotatable bonds is 13. The van der Waals surface area contributed by atoms with E-state index in [2.05, 4.69) is 72.9 Å². The highest BCUT2D eigenvalue weighted by Gasteiger charge is 2.50. The van der Waals surface area contributed by atoms with E-state index in [1.165, 1.54) is 0 Å². The molecule has 0 heterocycles. The molecule has 0 aliphatic heterocycles. The van der Waals surface area contributed by atoms with Gasteiger partial charge in [0.1, 0.15) is 0 Å². The molecule has 0 radical (unpaired) electrons. The van der Waals surface area contributed by atoms with Gasteiger partial charge in [-0.3, -0.25) is 9.59 Å². The second kappa shape index (κ2) is 13.8. The number of carbonyl (C=O) groups excluding carboxylic acids is 2. The van der Waals surface area contributed by atoms with Crippen molar-refractivity contribution in [3.05, 3.63) is 35.9 Å². The molecular formula is C29H48N2O2S2. The SMILES string of the molecule is CCC(CC)C(C)(C(=O)NCCCNC(=O)CC(C)(C)C)C(C)C(C)(C)SC(=S)c1ccccc1. The molecule has 1 aromatic rings. The fourth-order valence-electron chi connectivity index (χ4n) is 4.81. The van der Waals surface area contributed by atoms with Gasteiger partial charge in [-0.1, -0.05) is 118 Å². The van der Waals surface area contributed by atoms with Crippen LogP contribution in [-0.2, 0) is 9.59 Å². The van der Waals surface area contributed by atoms with Crippen molar-refractivity contribution >= 4 is 40.0 Å². The number of hydrogen-bond donors (Lipinski definition) is 2. The van der Waals surface area contributed by atoms with Crippen molar-refractivity contribution in [2.75, 3.05) is 13.1 Å². The van der Waals surface area contributed by atoms with Crippen LogP contribution in [0.2, 0.25) is 0 Å². The van der Waals surface area contributed by atoms with Crippen molar-refractivity contribution in [2.45, 2.75) is 92.7 Å². The summed E-state index contributed by atoms with van der Waals surface area (Å²) in [6.45, 7) is 20.4. The quantitative estimate of drug-likeness (QED) is 0.217. The summed E-state index contributed by atoms with van der Waals surface area (Å²) in [5, 5.41) is 6.17. The first-order chi connectivity index (χ1) is 16.2. The van der Waals surface area contributed by atoms with Crippen molar-refractivity contribution < 1.29 is 9.59 Å². The van der Waals surface area contributed by atoms with E-state index < -0.39 is 5.41 Å². The monoisotopic (exact) mass is 520 g/mol. The van der Waals surface area contributed by atoms with Crippen LogP contribution in [0.1, 0.15) is 93.6 Å². The molecule has 0 aromatic heterocycles. The Labute approximate surface area is 224 Å². The zero-order chi connectivity index (χ0) is 26.9. The highest BCUT2D eigenvalue weighted by molar-refractivity contribution is 8.24. The van der Waals surface area contributed by atoms with Gasteiger partial charge in [-0.2, -0.15) is 0 Å². The topological polar surface area (TPSA) is 58.2 Å². The maximum Gasteiger partial charge on any atom is 0.226 e. The summed E-state index contributed by atoms with van der Waals surface area (Å²) in [6.07, 6.45) is 3.10. The second-order valence-corrected chi connectivity index (χ2v) is 13.9. The third-order valence-corrected chi connectivity index (χ3v) is 9.07. The minimum absolute atomic E-state index is 0.0286. The first kappa shape index (κ1) is 31.6. The Morgan fingerprint density at radius 1 is 0.943 bits per heavy atom. The first-order valence-electron chi connectivity index (χ1n) is 13.0. The lowest BCUT2D eigenvalue weighted by Gasteiger charge is -2.47. The van der Waals surface area contributed by atoms with Gasteiger partial charge in [0.15, 0.2) is 0 Å². The molecule has 1 rings (SSSR count). The predicted octanol–water partition coefficient (Wildman–Crippen LogP) is 7.01. The Balaban J connectivity index is 2.88. The Morgan fingerprint density at radius 3 is 2.00 bits per heavy atom. The van der Waals surface area contributed by atoms with Crippen LogP contribution in [-0.4, -0.2) is 33.8 Å². The first-order valence-corrected chi connectivity index (χ1v) is 14.2. The van der Waals surface area contributed by atoms with Crippen LogP contribution in [0.4, 0.5) is 0 Å². The van der Waals surface area contributed by atoms with Crippen molar-refractivity contribution in [1.82, 2.24) is 10.6 Å². The van der Waals surface area contributed by atoms with E-state index >= 15 is 0 Å². The van der Waals surface area contributed by atoms with Crippen molar-refractivity contribution in [3.63, 3.8) is 0 Å². The second-order valence-electron chi connectivity index (χ2n) is 11.6. The van der Waals surface area contributed by atoms with Crippen LogP contribution in [0, 0.1) is 22.7 Å². The molecule has 0 aliphatic rings. The van der Waals surface area contributed by atoms with Crippen molar-refractivity contribution in [2.24, 2.45) is 22.7 Å². The van der Waals surface area contributed by atoms with Crippen LogP contribution >= 0.6 is 24.0 Å². The number of thiocarbonyl (C=S) groups is 1. The summed E-state index contributed by atoms with van der Waals surface area (Å²) >= 11 is 7.47. The normalized spacial score (nSPS) is 14.8. The van der Waals surface area contributed by atoms with Gasteiger partial charge >= 0.3 is 0 Å². The smallest absolute Gasteiger partial charge is 0.226 e. The summed E-state index contributed by atoms with van der Waals surface area (Å²) in [5.41, 5.74) is 0.482. The highest BCUT2D eigenvalue weighted by Crippen LogP contribution is 2.49. The standard InChI is InChI=1S/C29H48N2O2S2/c1-10-23(11-2)29(9,26(33)31-19-15-18-30-24(32)20-27(4,5)6)21(3)28(7,8)35-25(34)22-16-13-12-14-17-22/h12-14,16-17,21,23H,10-11,15,18-20H2,1-9H3,(H,30,32)(H,31,33). The van der Waals surface area contributed by atoms with E-state index in [0.29, 0.717) is 25.9 Å². The van der Waals surface area contributed by atoms with Gasteiger partial charge in [0.05, 0.1) is 9.61 Å². The maximum absolute atomic E-state index is 13.7. The molecule has 4 nitrogen and oxygen atoms in total. The summed E-state index contributed by atoms with van der Waals surface area (Å²) in [6, 6.07) is 10.1. The number of nitrogens with one attached hydrogen (secondary N) is 2. The third kappa shape index (κ3) is 9.53. The lowest BCUT2D eigenvalue weighted by atomic mass is 9.62. The van der Waals surface area contributed by atoms with Gasteiger partial charge in [0, 0.05) is 24.3 Å². The van der Waals surface area contributed by atoms with Crippen LogP contribution in [0.25, 0.3) is 0 Å². The van der Waals surface area contributed by atoms with Crippen LogP contribution < -0.4 is 10.6 Å². The summed E-state index contributed by atoms with van der Waals surface area (Å²) in [5.74, 6) is 0.499. The summed E-state index contributed by atoms with van der Waals surface area (Å²) in [7, 11) is 0. The molecular weight excluding hydrogens is 472 g/mol. The molecule has 2 amide bonds. The van der Waals surface area contributed by atoms with Gasteiger partial charge in [0.2, 0.25) is 11.8 Å². The van der Waals surface area contributed by atoms with Crippen LogP contribution in [0.15, 0.2) is 30.3 Å². The maximum atomic E-state index is 13.7. The average molecular weight is 521 g/mol. The van der Waals surface area contributed by atoms with E-state index in [1.54, 1.807) is 11.8 Å². The van der Waals surface area contributed by atoms with E-state index in [4.69, 9.17) is 12.2 Å². The number of carbonyl (C=O) groups is 2. The third-order valence-electron chi connectivity index (χ3n) is 7.28. The Kier molecular flexibility index (Phi) is 12.5. The molecule has 35 heavy (non-hydrogen) atoms. The molecule has 0 fully saturated rings. The molecule has 0 spiro atoms. The molecule has 198 valence electrons. The number of thioether (sulfide) groups is 1. The summed E-state index contributed by atoms with van der Waals surface area (Å²) < 4.78 is 0.628. The fourth-order valence-corrected chi connectivity index (χ4v) is 6.74. The molecule has 2 N–H and O–H groups in total. The van der Waals surface area contributed by atoms with Crippen molar-refractivity contribution in [1.29, 1.82) is 0 Å². The van der Waals surface area contributed by atoms with Gasteiger partial charge in [-0.15, -0.1) is 11.8 Å². The average Bonchev–Trinajstić information content (AvgIpc) is 2.77. The van der Waals surface area contributed by atoms with Crippen LogP contribution in [0.3, 0.4) is 0 Å². The fraction of sp³-hybridized carbons (Fsp3) is 0.690. The Hall–Kier alpha value is -1.40. The highest BCUT2D eigenvalue weighted by atomic mass is 32.2. The van der Waals surface area contributed by atoms with Gasteiger partial charge in [-0.05, 0) is 29.2 Å².